The molecule has 0 fully saturated rings. The molecule has 0 spiro atoms. The Morgan fingerprint density at radius 3 is 2.67 bits per heavy atom. The molecule has 0 aliphatic heterocycles. The zero-order valence-corrected chi connectivity index (χ0v) is 14.7. The van der Waals surface area contributed by atoms with Gasteiger partial charge in [0.2, 0.25) is 0 Å². The van der Waals surface area contributed by atoms with Crippen LogP contribution in [-0.4, -0.2) is 18.8 Å². The summed E-state index contributed by atoms with van der Waals surface area (Å²) in [4.78, 5) is 1.18. The second-order valence-corrected chi connectivity index (χ2v) is 6.95. The van der Waals surface area contributed by atoms with Gasteiger partial charge in [0.1, 0.15) is 5.82 Å². The molecule has 1 nitrogen and oxygen atoms in total. The third-order valence-electron chi connectivity index (χ3n) is 3.20. The summed E-state index contributed by atoms with van der Waals surface area (Å²) < 4.78 is 14.9. The average molecular weight is 389 g/mol. The van der Waals surface area contributed by atoms with Gasteiger partial charge in [-0.3, -0.25) is 0 Å². The Hall–Kier alpha value is -0.550. The molecule has 0 aliphatic rings. The van der Waals surface area contributed by atoms with Gasteiger partial charge in [-0.15, -0.1) is 11.8 Å². The van der Waals surface area contributed by atoms with Crippen LogP contribution < -0.4 is 5.32 Å². The smallest absolute Gasteiger partial charge is 0.127 e. The molecule has 1 N–H and O–H groups in total. The number of thioether (sulfide) groups is 1. The lowest BCUT2D eigenvalue weighted by Crippen LogP contribution is -2.30. The maximum Gasteiger partial charge on any atom is 0.127 e. The second kappa shape index (κ2) is 8.18. The van der Waals surface area contributed by atoms with Crippen molar-refractivity contribution < 1.29 is 4.39 Å². The van der Waals surface area contributed by atoms with Crippen LogP contribution >= 0.6 is 39.3 Å². The monoisotopic (exact) mass is 387 g/mol. The third kappa shape index (κ3) is 4.71. The van der Waals surface area contributed by atoms with Gasteiger partial charge in [-0.25, -0.2) is 4.39 Å². The first-order valence-corrected chi connectivity index (χ1v) is 8.75. The van der Waals surface area contributed by atoms with E-state index in [1.165, 1.54) is 11.0 Å². The molecule has 1 atom stereocenters. The molecule has 2 rings (SSSR count). The number of hydrogen-bond donors (Lipinski definition) is 1. The average Bonchev–Trinajstić information content (AvgIpc) is 2.48. The molecule has 0 aliphatic carbocycles. The number of likely N-dealkylation sites (N-methyl/N-ethyl adjacent to an activating group) is 1. The van der Waals surface area contributed by atoms with Gasteiger partial charge < -0.3 is 5.32 Å². The standard InChI is InChI=1S/C16H16BrClFNS/c1-20-11(9-12-14(18)6-4-7-15(12)19)10-21-16-8-3-2-5-13(16)17/h2-8,11,20H,9-10H2,1H3. The van der Waals surface area contributed by atoms with Gasteiger partial charge in [0.15, 0.2) is 0 Å². The Bertz CT molecular complexity index is 588. The van der Waals surface area contributed by atoms with Crippen molar-refractivity contribution in [2.24, 2.45) is 0 Å². The SMILES string of the molecule is CNC(CSc1ccccc1Br)Cc1c(F)cccc1Cl. The topological polar surface area (TPSA) is 12.0 Å². The van der Waals surface area contributed by atoms with Crippen molar-refractivity contribution in [2.45, 2.75) is 17.4 Å². The van der Waals surface area contributed by atoms with Crippen molar-refractivity contribution in [3.63, 3.8) is 0 Å². The van der Waals surface area contributed by atoms with E-state index in [0.29, 0.717) is 17.0 Å². The summed E-state index contributed by atoms with van der Waals surface area (Å²) in [7, 11) is 1.89. The predicted molar refractivity (Wildman–Crippen MR) is 92.8 cm³/mol. The molecular formula is C16H16BrClFNS. The third-order valence-corrected chi connectivity index (χ3v) is 5.74. The fourth-order valence-electron chi connectivity index (χ4n) is 1.97. The van der Waals surface area contributed by atoms with Crippen molar-refractivity contribution in [1.29, 1.82) is 0 Å². The maximum absolute atomic E-state index is 13.8. The van der Waals surface area contributed by atoms with Crippen molar-refractivity contribution >= 4 is 39.3 Å². The van der Waals surface area contributed by atoms with E-state index in [2.05, 4.69) is 27.3 Å². The van der Waals surface area contributed by atoms with Gasteiger partial charge in [0, 0.05) is 31.7 Å². The lowest BCUT2D eigenvalue weighted by molar-refractivity contribution is 0.568. The minimum absolute atomic E-state index is 0.150. The van der Waals surface area contributed by atoms with Crippen LogP contribution in [0.4, 0.5) is 4.39 Å². The van der Waals surface area contributed by atoms with E-state index < -0.39 is 0 Å². The van der Waals surface area contributed by atoms with Crippen LogP contribution in [0.3, 0.4) is 0 Å². The Labute approximate surface area is 142 Å². The van der Waals surface area contributed by atoms with Crippen LogP contribution in [0.25, 0.3) is 0 Å². The van der Waals surface area contributed by atoms with E-state index in [9.17, 15) is 4.39 Å². The van der Waals surface area contributed by atoms with Crippen LogP contribution in [-0.2, 0) is 6.42 Å². The molecule has 2 aromatic carbocycles. The first kappa shape index (κ1) is 16.8. The summed E-state index contributed by atoms with van der Waals surface area (Å²) in [5.41, 5.74) is 0.575. The summed E-state index contributed by atoms with van der Waals surface area (Å²) in [6, 6.07) is 13.0. The molecule has 1 unspecified atom stereocenters. The van der Waals surface area contributed by atoms with Gasteiger partial charge in [-0.1, -0.05) is 29.8 Å². The summed E-state index contributed by atoms with van der Waals surface area (Å²) >= 11 is 11.4. The summed E-state index contributed by atoms with van der Waals surface area (Å²) in [6.45, 7) is 0. The van der Waals surface area contributed by atoms with Crippen LogP contribution in [0.2, 0.25) is 5.02 Å². The largest absolute Gasteiger partial charge is 0.316 e. The van der Waals surface area contributed by atoms with Crippen molar-refractivity contribution in [3.05, 3.63) is 63.3 Å². The molecular weight excluding hydrogens is 373 g/mol. The Kier molecular flexibility index (Phi) is 6.55. The number of halogens is 3. The Morgan fingerprint density at radius 1 is 1.24 bits per heavy atom. The molecule has 0 aromatic heterocycles. The molecule has 0 radical (unpaired) electrons. The summed E-state index contributed by atoms with van der Waals surface area (Å²) in [6.07, 6.45) is 0.569. The van der Waals surface area contributed by atoms with Gasteiger partial charge in [-0.2, -0.15) is 0 Å². The fourth-order valence-corrected chi connectivity index (χ4v) is 3.88. The predicted octanol–water partition coefficient (Wildman–Crippen LogP) is 5.16. The van der Waals surface area contributed by atoms with E-state index in [-0.39, 0.29) is 11.9 Å². The highest BCUT2D eigenvalue weighted by Crippen LogP contribution is 2.28. The number of rotatable bonds is 6. The number of benzene rings is 2. The van der Waals surface area contributed by atoms with E-state index in [0.717, 1.165) is 10.2 Å². The minimum atomic E-state index is -0.242. The maximum atomic E-state index is 13.8. The van der Waals surface area contributed by atoms with E-state index in [1.807, 2.05) is 25.2 Å². The van der Waals surface area contributed by atoms with Crippen LogP contribution in [0, 0.1) is 5.82 Å². The van der Waals surface area contributed by atoms with E-state index >= 15 is 0 Å². The van der Waals surface area contributed by atoms with E-state index in [1.54, 1.807) is 23.9 Å². The molecule has 5 heteroatoms. The Balaban J connectivity index is 2.02. The first-order valence-electron chi connectivity index (χ1n) is 6.59. The summed E-state index contributed by atoms with van der Waals surface area (Å²) in [5, 5.41) is 3.72. The fraction of sp³-hybridized carbons (Fsp3) is 0.250. The molecule has 21 heavy (non-hydrogen) atoms. The van der Waals surface area contributed by atoms with E-state index in [4.69, 9.17) is 11.6 Å². The first-order chi connectivity index (χ1) is 10.1. The van der Waals surface area contributed by atoms with Crippen LogP contribution in [0.15, 0.2) is 51.8 Å². The Morgan fingerprint density at radius 2 is 2.00 bits per heavy atom. The molecule has 0 amide bonds. The highest BCUT2D eigenvalue weighted by atomic mass is 79.9. The number of hydrogen-bond acceptors (Lipinski definition) is 2. The number of nitrogens with one attached hydrogen (secondary N) is 1. The normalized spacial score (nSPS) is 12.4. The minimum Gasteiger partial charge on any atom is -0.316 e. The van der Waals surface area contributed by atoms with Crippen molar-refractivity contribution in [1.82, 2.24) is 5.32 Å². The van der Waals surface area contributed by atoms with Crippen LogP contribution in [0.1, 0.15) is 5.56 Å². The van der Waals surface area contributed by atoms with Gasteiger partial charge in [-0.05, 0) is 53.7 Å². The molecule has 0 heterocycles. The van der Waals surface area contributed by atoms with Crippen molar-refractivity contribution in [2.75, 3.05) is 12.8 Å². The lowest BCUT2D eigenvalue weighted by Gasteiger charge is -2.17. The highest BCUT2D eigenvalue weighted by molar-refractivity contribution is 9.10. The quantitative estimate of drug-likeness (QED) is 0.686. The second-order valence-electron chi connectivity index (χ2n) is 4.63. The zero-order chi connectivity index (χ0) is 15.2. The van der Waals surface area contributed by atoms with Crippen LogP contribution in [0.5, 0.6) is 0 Å². The lowest BCUT2D eigenvalue weighted by atomic mass is 10.1. The molecule has 0 saturated heterocycles. The molecule has 0 bridgehead atoms. The van der Waals surface area contributed by atoms with Gasteiger partial charge in [0.25, 0.3) is 0 Å². The highest BCUT2D eigenvalue weighted by Gasteiger charge is 2.14. The van der Waals surface area contributed by atoms with Gasteiger partial charge in [0.05, 0.1) is 0 Å². The molecule has 2 aromatic rings. The summed E-state index contributed by atoms with van der Waals surface area (Å²) in [5.74, 6) is 0.595. The molecule has 0 saturated carbocycles. The molecule has 112 valence electrons. The van der Waals surface area contributed by atoms with Crippen molar-refractivity contribution in [3.8, 4) is 0 Å². The van der Waals surface area contributed by atoms with Gasteiger partial charge >= 0.3 is 0 Å². The zero-order valence-electron chi connectivity index (χ0n) is 11.6.